The molecule has 0 aliphatic heterocycles. The van der Waals surface area contributed by atoms with Gasteiger partial charge in [-0.1, -0.05) is 0 Å². The molecule has 1 atom stereocenters. The molecule has 0 fully saturated rings. The van der Waals surface area contributed by atoms with Crippen LogP contribution >= 0.6 is 0 Å². The van der Waals surface area contributed by atoms with E-state index in [-0.39, 0.29) is 17.9 Å². The smallest absolute Gasteiger partial charge is 0.319 e. The molecule has 1 heterocycles. The SMILES string of the molecule is CC(NC(=O)Nc1ccc(F)cc1)c1cn[nH]c1. The van der Waals surface area contributed by atoms with Crippen molar-refractivity contribution in [1.29, 1.82) is 0 Å². The van der Waals surface area contributed by atoms with Crippen molar-refractivity contribution >= 4 is 11.7 Å². The standard InChI is InChI=1S/C12H13FN4O/c1-8(9-6-14-15-7-9)16-12(18)17-11-4-2-10(13)3-5-11/h2-8H,1H3,(H,14,15)(H2,16,17,18). The fourth-order valence-electron chi connectivity index (χ4n) is 1.48. The van der Waals surface area contributed by atoms with Crippen LogP contribution in [0.15, 0.2) is 36.7 Å². The van der Waals surface area contributed by atoms with Gasteiger partial charge in [0, 0.05) is 17.4 Å². The van der Waals surface area contributed by atoms with E-state index in [1.807, 2.05) is 6.92 Å². The summed E-state index contributed by atoms with van der Waals surface area (Å²) in [6.07, 6.45) is 3.35. The second kappa shape index (κ2) is 5.31. The number of aromatic nitrogens is 2. The molecule has 6 heteroatoms. The summed E-state index contributed by atoms with van der Waals surface area (Å²) in [5.74, 6) is -0.340. The molecule has 0 saturated carbocycles. The van der Waals surface area contributed by atoms with Gasteiger partial charge in [0.2, 0.25) is 0 Å². The molecule has 94 valence electrons. The van der Waals surface area contributed by atoms with Gasteiger partial charge in [-0.3, -0.25) is 5.10 Å². The summed E-state index contributed by atoms with van der Waals surface area (Å²) in [7, 11) is 0. The van der Waals surface area contributed by atoms with Crippen LogP contribution in [-0.2, 0) is 0 Å². The minimum atomic E-state index is -0.352. The van der Waals surface area contributed by atoms with Gasteiger partial charge in [0.15, 0.2) is 0 Å². The zero-order valence-corrected chi connectivity index (χ0v) is 9.77. The van der Waals surface area contributed by atoms with E-state index in [9.17, 15) is 9.18 Å². The van der Waals surface area contributed by atoms with Crippen LogP contribution in [0.5, 0.6) is 0 Å². The number of nitrogens with one attached hydrogen (secondary N) is 3. The highest BCUT2D eigenvalue weighted by atomic mass is 19.1. The van der Waals surface area contributed by atoms with E-state index in [0.29, 0.717) is 5.69 Å². The summed E-state index contributed by atoms with van der Waals surface area (Å²) in [4.78, 5) is 11.7. The van der Waals surface area contributed by atoms with Crippen LogP contribution < -0.4 is 10.6 Å². The van der Waals surface area contributed by atoms with Gasteiger partial charge in [0.25, 0.3) is 0 Å². The van der Waals surface area contributed by atoms with Crippen LogP contribution in [-0.4, -0.2) is 16.2 Å². The van der Waals surface area contributed by atoms with Gasteiger partial charge >= 0.3 is 6.03 Å². The quantitative estimate of drug-likeness (QED) is 0.780. The molecule has 2 amide bonds. The van der Waals surface area contributed by atoms with Gasteiger partial charge in [-0.2, -0.15) is 5.10 Å². The number of benzene rings is 1. The highest BCUT2D eigenvalue weighted by molar-refractivity contribution is 5.89. The third-order valence-electron chi connectivity index (χ3n) is 2.47. The molecule has 18 heavy (non-hydrogen) atoms. The molecule has 0 aliphatic carbocycles. The van der Waals surface area contributed by atoms with E-state index < -0.39 is 0 Å². The second-order valence-electron chi connectivity index (χ2n) is 3.86. The van der Waals surface area contributed by atoms with Crippen molar-refractivity contribution in [2.75, 3.05) is 5.32 Å². The van der Waals surface area contributed by atoms with E-state index in [4.69, 9.17) is 0 Å². The Morgan fingerprint density at radius 1 is 1.39 bits per heavy atom. The number of hydrogen-bond donors (Lipinski definition) is 3. The maximum atomic E-state index is 12.7. The summed E-state index contributed by atoms with van der Waals surface area (Å²) < 4.78 is 12.7. The molecule has 3 N–H and O–H groups in total. The fourth-order valence-corrected chi connectivity index (χ4v) is 1.48. The summed E-state index contributed by atoms with van der Waals surface area (Å²) in [6, 6.07) is 5.05. The molecule has 2 aromatic rings. The molecule has 0 spiro atoms. The lowest BCUT2D eigenvalue weighted by atomic mass is 10.2. The zero-order valence-electron chi connectivity index (χ0n) is 9.77. The molecule has 0 aliphatic rings. The number of rotatable bonds is 3. The largest absolute Gasteiger partial charge is 0.331 e. The van der Waals surface area contributed by atoms with Crippen LogP contribution in [0, 0.1) is 5.82 Å². The van der Waals surface area contributed by atoms with Gasteiger partial charge in [0.05, 0.1) is 12.2 Å². The summed E-state index contributed by atoms with van der Waals surface area (Å²) in [5.41, 5.74) is 1.41. The van der Waals surface area contributed by atoms with Crippen LogP contribution in [0.4, 0.5) is 14.9 Å². The number of aromatic amines is 1. The normalized spacial score (nSPS) is 11.9. The van der Waals surface area contributed by atoms with Crippen molar-refractivity contribution in [3.63, 3.8) is 0 Å². The summed E-state index contributed by atoms with van der Waals surface area (Å²) >= 11 is 0. The topological polar surface area (TPSA) is 69.8 Å². The number of carbonyl (C=O) groups is 1. The molecule has 0 radical (unpaired) electrons. The van der Waals surface area contributed by atoms with Crippen molar-refractivity contribution < 1.29 is 9.18 Å². The van der Waals surface area contributed by atoms with Crippen LogP contribution in [0.3, 0.4) is 0 Å². The minimum Gasteiger partial charge on any atom is -0.331 e. The maximum absolute atomic E-state index is 12.7. The first-order valence-electron chi connectivity index (χ1n) is 5.47. The molecule has 2 rings (SSSR count). The number of carbonyl (C=O) groups excluding carboxylic acids is 1. The Hall–Kier alpha value is -2.37. The Morgan fingerprint density at radius 2 is 2.11 bits per heavy atom. The van der Waals surface area contributed by atoms with Crippen LogP contribution in [0.1, 0.15) is 18.5 Å². The van der Waals surface area contributed by atoms with Crippen molar-refractivity contribution in [3.05, 3.63) is 48.0 Å². The van der Waals surface area contributed by atoms with Gasteiger partial charge in [-0.05, 0) is 31.2 Å². The number of H-pyrrole nitrogens is 1. The summed E-state index contributed by atoms with van der Waals surface area (Å²) in [6.45, 7) is 1.84. The predicted octanol–water partition coefficient (Wildman–Crippen LogP) is 2.43. The Kier molecular flexibility index (Phi) is 3.57. The number of urea groups is 1. The number of hydrogen-bond acceptors (Lipinski definition) is 2. The van der Waals surface area contributed by atoms with Crippen LogP contribution in [0.2, 0.25) is 0 Å². The van der Waals surface area contributed by atoms with Crippen molar-refractivity contribution in [1.82, 2.24) is 15.5 Å². The van der Waals surface area contributed by atoms with E-state index in [0.717, 1.165) is 5.56 Å². The van der Waals surface area contributed by atoms with Gasteiger partial charge in [-0.15, -0.1) is 0 Å². The highest BCUT2D eigenvalue weighted by Crippen LogP contribution is 2.11. The summed E-state index contributed by atoms with van der Waals surface area (Å²) in [5, 5.41) is 11.8. The Labute approximate surface area is 103 Å². The molecule has 0 bridgehead atoms. The minimum absolute atomic E-state index is 0.163. The second-order valence-corrected chi connectivity index (χ2v) is 3.86. The van der Waals surface area contributed by atoms with Crippen molar-refractivity contribution in [2.24, 2.45) is 0 Å². The first-order chi connectivity index (χ1) is 8.65. The fraction of sp³-hybridized carbons (Fsp3) is 0.167. The number of halogens is 1. The first kappa shape index (κ1) is 12.1. The Balaban J connectivity index is 1.91. The monoisotopic (exact) mass is 248 g/mol. The molecular formula is C12H13FN4O. The van der Waals surface area contributed by atoms with Crippen molar-refractivity contribution in [2.45, 2.75) is 13.0 Å². The van der Waals surface area contributed by atoms with Gasteiger partial charge in [0.1, 0.15) is 5.82 Å². The highest BCUT2D eigenvalue weighted by Gasteiger charge is 2.10. The third kappa shape index (κ3) is 3.07. The Morgan fingerprint density at radius 3 is 2.72 bits per heavy atom. The zero-order chi connectivity index (χ0) is 13.0. The van der Waals surface area contributed by atoms with E-state index in [1.165, 1.54) is 24.3 Å². The lowest BCUT2D eigenvalue weighted by molar-refractivity contribution is 0.249. The average Bonchev–Trinajstić information content (AvgIpc) is 2.85. The molecule has 1 aromatic carbocycles. The van der Waals surface area contributed by atoms with E-state index in [2.05, 4.69) is 20.8 Å². The number of nitrogens with zero attached hydrogens (tertiary/aromatic N) is 1. The predicted molar refractivity (Wildman–Crippen MR) is 65.6 cm³/mol. The number of anilines is 1. The molecule has 1 unspecified atom stereocenters. The maximum Gasteiger partial charge on any atom is 0.319 e. The lowest BCUT2D eigenvalue weighted by Gasteiger charge is -2.13. The number of amides is 2. The molecule has 5 nitrogen and oxygen atoms in total. The lowest BCUT2D eigenvalue weighted by Crippen LogP contribution is -2.30. The Bertz CT molecular complexity index is 509. The van der Waals surface area contributed by atoms with Gasteiger partial charge < -0.3 is 10.6 Å². The first-order valence-corrected chi connectivity index (χ1v) is 5.47. The average molecular weight is 248 g/mol. The molecule has 0 saturated heterocycles. The van der Waals surface area contributed by atoms with E-state index in [1.54, 1.807) is 12.4 Å². The van der Waals surface area contributed by atoms with Crippen LogP contribution in [0.25, 0.3) is 0 Å². The van der Waals surface area contributed by atoms with Gasteiger partial charge in [-0.25, -0.2) is 9.18 Å². The molecule has 1 aromatic heterocycles. The molecular weight excluding hydrogens is 235 g/mol. The third-order valence-corrected chi connectivity index (χ3v) is 2.47. The van der Waals surface area contributed by atoms with Crippen molar-refractivity contribution in [3.8, 4) is 0 Å². The van der Waals surface area contributed by atoms with E-state index >= 15 is 0 Å².